The fraction of sp³-hybridized carbons (Fsp3) is 0.389. The van der Waals surface area contributed by atoms with Gasteiger partial charge in [-0.3, -0.25) is 4.90 Å². The highest BCUT2D eigenvalue weighted by Crippen LogP contribution is 2.15. The van der Waals surface area contributed by atoms with Crippen LogP contribution in [0.4, 0.5) is 0 Å². The van der Waals surface area contributed by atoms with Crippen LogP contribution in [0.3, 0.4) is 0 Å². The average Bonchev–Trinajstić information content (AvgIpc) is 2.61. The van der Waals surface area contributed by atoms with Crippen molar-refractivity contribution in [3.8, 4) is 0 Å². The van der Waals surface area contributed by atoms with Gasteiger partial charge in [-0.25, -0.2) is 14.8 Å². The third-order valence-electron chi connectivity index (χ3n) is 4.17. The van der Waals surface area contributed by atoms with Gasteiger partial charge in [0.1, 0.15) is 6.33 Å². The first kappa shape index (κ1) is 16.5. The molecule has 1 unspecified atom stereocenters. The van der Waals surface area contributed by atoms with Gasteiger partial charge in [0, 0.05) is 31.5 Å². The molecule has 0 bridgehead atoms. The first-order valence-corrected chi connectivity index (χ1v) is 8.12. The van der Waals surface area contributed by atoms with Crippen molar-refractivity contribution < 1.29 is 14.6 Å². The van der Waals surface area contributed by atoms with E-state index in [1.807, 2.05) is 12.1 Å². The van der Waals surface area contributed by atoms with Crippen LogP contribution in [0.25, 0.3) is 0 Å². The van der Waals surface area contributed by atoms with Crippen molar-refractivity contribution in [2.75, 3.05) is 19.7 Å². The number of aromatic nitrogens is 2. The molecule has 0 radical (unpaired) electrons. The standard InChI is InChI=1S/C18H21N3O3/c22-18(23)15-3-1-2-14(10-15)11-21-8-9-24-17(12-21)5-4-16-6-7-19-13-20-16/h1-3,6-7,10,13,17H,4-5,8-9,11-12H2,(H,22,23). The van der Waals surface area contributed by atoms with Crippen molar-refractivity contribution in [1.82, 2.24) is 14.9 Å². The Balaban J connectivity index is 1.53. The van der Waals surface area contributed by atoms with Gasteiger partial charge >= 0.3 is 5.97 Å². The van der Waals surface area contributed by atoms with Crippen LogP contribution >= 0.6 is 0 Å². The van der Waals surface area contributed by atoms with Crippen LogP contribution in [0.15, 0.2) is 42.9 Å². The van der Waals surface area contributed by atoms with E-state index in [1.54, 1.807) is 30.7 Å². The number of carbonyl (C=O) groups is 1. The zero-order valence-electron chi connectivity index (χ0n) is 13.5. The van der Waals surface area contributed by atoms with E-state index < -0.39 is 5.97 Å². The molecule has 1 aromatic heterocycles. The van der Waals surface area contributed by atoms with Crippen LogP contribution < -0.4 is 0 Å². The van der Waals surface area contributed by atoms with Gasteiger partial charge in [0.2, 0.25) is 0 Å². The lowest BCUT2D eigenvalue weighted by Crippen LogP contribution is -2.42. The Morgan fingerprint density at radius 1 is 1.38 bits per heavy atom. The number of morpholine rings is 1. The highest BCUT2D eigenvalue weighted by Gasteiger charge is 2.20. The molecule has 24 heavy (non-hydrogen) atoms. The molecular weight excluding hydrogens is 306 g/mol. The Kier molecular flexibility index (Phi) is 5.51. The number of hydrogen-bond acceptors (Lipinski definition) is 5. The number of nitrogens with zero attached hydrogens (tertiary/aromatic N) is 3. The second-order valence-corrected chi connectivity index (χ2v) is 5.97. The predicted molar refractivity (Wildman–Crippen MR) is 88.8 cm³/mol. The molecule has 0 spiro atoms. The first-order valence-electron chi connectivity index (χ1n) is 8.12. The summed E-state index contributed by atoms with van der Waals surface area (Å²) in [5.74, 6) is -0.887. The van der Waals surface area contributed by atoms with E-state index >= 15 is 0 Å². The summed E-state index contributed by atoms with van der Waals surface area (Å²) in [4.78, 5) is 21.6. The largest absolute Gasteiger partial charge is 0.478 e. The SMILES string of the molecule is O=C(O)c1cccc(CN2CCOC(CCc3ccncn3)C2)c1. The fourth-order valence-corrected chi connectivity index (χ4v) is 2.93. The van der Waals surface area contributed by atoms with Gasteiger partial charge in [0.15, 0.2) is 0 Å². The quantitative estimate of drug-likeness (QED) is 0.875. The summed E-state index contributed by atoms with van der Waals surface area (Å²) in [7, 11) is 0. The Morgan fingerprint density at radius 3 is 3.08 bits per heavy atom. The molecule has 1 aliphatic rings. The monoisotopic (exact) mass is 327 g/mol. The third kappa shape index (κ3) is 4.59. The maximum Gasteiger partial charge on any atom is 0.335 e. The normalized spacial score (nSPS) is 18.4. The lowest BCUT2D eigenvalue weighted by atomic mass is 10.1. The van der Waals surface area contributed by atoms with E-state index in [9.17, 15) is 4.79 Å². The van der Waals surface area contributed by atoms with Crippen LogP contribution in [0.2, 0.25) is 0 Å². The van der Waals surface area contributed by atoms with Gasteiger partial charge in [-0.2, -0.15) is 0 Å². The minimum Gasteiger partial charge on any atom is -0.478 e. The molecule has 0 amide bonds. The Hall–Kier alpha value is -2.31. The summed E-state index contributed by atoms with van der Waals surface area (Å²) < 4.78 is 5.85. The number of ether oxygens (including phenoxy) is 1. The zero-order valence-corrected chi connectivity index (χ0v) is 13.5. The molecular formula is C18H21N3O3. The highest BCUT2D eigenvalue weighted by atomic mass is 16.5. The third-order valence-corrected chi connectivity index (χ3v) is 4.17. The molecule has 2 heterocycles. The van der Waals surface area contributed by atoms with Gasteiger partial charge in [-0.1, -0.05) is 12.1 Å². The van der Waals surface area contributed by atoms with Crippen molar-refractivity contribution in [3.05, 3.63) is 59.7 Å². The molecule has 3 rings (SSSR count). The van der Waals surface area contributed by atoms with Crippen LogP contribution in [0.5, 0.6) is 0 Å². The van der Waals surface area contributed by atoms with E-state index in [0.717, 1.165) is 43.7 Å². The number of carboxylic acid groups (broad SMARTS) is 1. The van der Waals surface area contributed by atoms with Gasteiger partial charge in [-0.15, -0.1) is 0 Å². The number of aromatic carboxylic acids is 1. The summed E-state index contributed by atoms with van der Waals surface area (Å²) in [6, 6.07) is 9.06. The van der Waals surface area contributed by atoms with Gasteiger partial charge in [-0.05, 0) is 36.6 Å². The number of rotatable bonds is 6. The van der Waals surface area contributed by atoms with Gasteiger partial charge in [0.05, 0.1) is 18.3 Å². The summed E-state index contributed by atoms with van der Waals surface area (Å²) in [6.45, 7) is 3.16. The fourth-order valence-electron chi connectivity index (χ4n) is 2.93. The Labute approximate surface area is 141 Å². The molecule has 6 nitrogen and oxygen atoms in total. The van der Waals surface area contributed by atoms with Crippen molar-refractivity contribution in [1.29, 1.82) is 0 Å². The Morgan fingerprint density at radius 2 is 2.29 bits per heavy atom. The smallest absolute Gasteiger partial charge is 0.335 e. The lowest BCUT2D eigenvalue weighted by Gasteiger charge is -2.33. The second-order valence-electron chi connectivity index (χ2n) is 5.97. The summed E-state index contributed by atoms with van der Waals surface area (Å²) in [5, 5.41) is 9.09. The molecule has 0 aliphatic carbocycles. The van der Waals surface area contributed by atoms with Crippen molar-refractivity contribution in [3.63, 3.8) is 0 Å². The predicted octanol–water partition coefficient (Wildman–Crippen LogP) is 2.01. The average molecular weight is 327 g/mol. The van der Waals surface area contributed by atoms with E-state index in [-0.39, 0.29) is 6.10 Å². The molecule has 2 aromatic rings. The first-order chi connectivity index (χ1) is 11.7. The minimum absolute atomic E-state index is 0.177. The zero-order chi connectivity index (χ0) is 16.8. The van der Waals surface area contributed by atoms with Crippen LogP contribution in [-0.2, 0) is 17.7 Å². The molecule has 1 aromatic carbocycles. The second kappa shape index (κ2) is 7.99. The van der Waals surface area contributed by atoms with Gasteiger partial charge < -0.3 is 9.84 Å². The molecule has 1 N–H and O–H groups in total. The number of benzene rings is 1. The van der Waals surface area contributed by atoms with Gasteiger partial charge in [0.25, 0.3) is 0 Å². The minimum atomic E-state index is -0.887. The number of carboxylic acids is 1. The molecule has 1 atom stereocenters. The Bertz CT molecular complexity index is 678. The summed E-state index contributed by atoms with van der Waals surface area (Å²) >= 11 is 0. The highest BCUT2D eigenvalue weighted by molar-refractivity contribution is 5.87. The van der Waals surface area contributed by atoms with Crippen molar-refractivity contribution in [2.45, 2.75) is 25.5 Å². The number of hydrogen-bond donors (Lipinski definition) is 1. The van der Waals surface area contributed by atoms with Crippen LogP contribution in [-0.4, -0.2) is 51.7 Å². The van der Waals surface area contributed by atoms with Crippen LogP contribution in [0, 0.1) is 0 Å². The van der Waals surface area contributed by atoms with Crippen molar-refractivity contribution in [2.24, 2.45) is 0 Å². The van der Waals surface area contributed by atoms with Crippen molar-refractivity contribution >= 4 is 5.97 Å². The van der Waals surface area contributed by atoms with E-state index in [1.165, 1.54) is 0 Å². The topological polar surface area (TPSA) is 75.5 Å². The molecule has 1 aliphatic heterocycles. The molecule has 1 saturated heterocycles. The van der Waals surface area contributed by atoms with Crippen LogP contribution in [0.1, 0.15) is 28.0 Å². The van der Waals surface area contributed by atoms with E-state index in [0.29, 0.717) is 12.2 Å². The maximum absolute atomic E-state index is 11.1. The summed E-state index contributed by atoms with van der Waals surface area (Å²) in [6.07, 6.45) is 5.29. The molecule has 6 heteroatoms. The summed E-state index contributed by atoms with van der Waals surface area (Å²) in [5.41, 5.74) is 2.38. The van der Waals surface area contributed by atoms with E-state index in [2.05, 4.69) is 14.9 Å². The maximum atomic E-state index is 11.1. The lowest BCUT2D eigenvalue weighted by molar-refractivity contribution is -0.0346. The molecule has 126 valence electrons. The molecule has 1 fully saturated rings. The molecule has 0 saturated carbocycles. The number of aryl methyl sites for hydroxylation is 1. The van der Waals surface area contributed by atoms with E-state index in [4.69, 9.17) is 9.84 Å².